The monoisotopic (exact) mass is 559 g/mol. The lowest BCUT2D eigenvalue weighted by Gasteiger charge is -2.29. The Labute approximate surface area is 227 Å². The van der Waals surface area contributed by atoms with Gasteiger partial charge in [0.1, 0.15) is 11.9 Å². The molecule has 0 bridgehead atoms. The summed E-state index contributed by atoms with van der Waals surface area (Å²) in [5, 5.41) is 20.4. The molecule has 1 amide bonds. The van der Waals surface area contributed by atoms with Crippen molar-refractivity contribution in [2.75, 3.05) is 17.2 Å². The molecule has 1 saturated carbocycles. The second kappa shape index (κ2) is 13.0. The van der Waals surface area contributed by atoms with E-state index >= 15 is 0 Å². The van der Waals surface area contributed by atoms with Gasteiger partial charge >= 0.3 is 12.0 Å². The normalized spacial score (nSPS) is 17.1. The number of carbonyl (C=O) groups is 1. The van der Waals surface area contributed by atoms with Crippen molar-refractivity contribution < 1.29 is 27.6 Å². The molecule has 40 heavy (non-hydrogen) atoms. The fourth-order valence-corrected chi connectivity index (χ4v) is 4.49. The molecule has 0 saturated heterocycles. The second-order valence-corrected chi connectivity index (χ2v) is 9.40. The lowest BCUT2D eigenvalue weighted by Crippen LogP contribution is -2.39. The van der Waals surface area contributed by atoms with E-state index in [0.717, 1.165) is 37.4 Å². The molecule has 2 aromatic heterocycles. The molecule has 1 aliphatic rings. The van der Waals surface area contributed by atoms with Gasteiger partial charge in [-0.25, -0.2) is 4.98 Å². The summed E-state index contributed by atoms with van der Waals surface area (Å²) in [5.41, 5.74) is 0.736. The number of para-hydroxylation sites is 1. The Balaban J connectivity index is 1.30. The smallest absolute Gasteiger partial charge is 0.405 e. The molecule has 0 spiro atoms. The Morgan fingerprint density at radius 3 is 2.55 bits per heavy atom. The summed E-state index contributed by atoms with van der Waals surface area (Å²) in [6.45, 7) is 0.329. The summed E-state index contributed by atoms with van der Waals surface area (Å²) < 4.78 is 42.1. The van der Waals surface area contributed by atoms with Crippen molar-refractivity contribution in [2.24, 2.45) is 5.92 Å². The van der Waals surface area contributed by atoms with Crippen molar-refractivity contribution >= 4 is 23.4 Å². The highest BCUT2D eigenvalue weighted by molar-refractivity contribution is 5.78. The summed E-state index contributed by atoms with van der Waals surface area (Å²) in [6.07, 6.45) is 2.97. The number of hydrogen-bond donors (Lipinski definition) is 3. The van der Waals surface area contributed by atoms with Gasteiger partial charge in [-0.1, -0.05) is 24.3 Å². The van der Waals surface area contributed by atoms with E-state index in [4.69, 9.17) is 0 Å². The van der Waals surface area contributed by atoms with Crippen molar-refractivity contribution in [1.82, 2.24) is 20.3 Å². The molecule has 1 aromatic carbocycles. The zero-order valence-electron chi connectivity index (χ0n) is 21.4. The highest BCUT2D eigenvalue weighted by atomic mass is 19.4. The van der Waals surface area contributed by atoms with Gasteiger partial charge in [-0.3, -0.25) is 19.9 Å². The van der Waals surface area contributed by atoms with Crippen molar-refractivity contribution in [1.29, 1.82) is 0 Å². The number of ether oxygens (including phenoxy) is 1. The van der Waals surface area contributed by atoms with Gasteiger partial charge in [0.25, 0.3) is 0 Å². The number of pyridine rings is 1. The van der Waals surface area contributed by atoms with Gasteiger partial charge in [-0.15, -0.1) is 13.2 Å². The molecule has 0 radical (unpaired) electrons. The molecule has 1 fully saturated rings. The minimum Gasteiger partial charge on any atom is -0.405 e. The number of carbonyl (C=O) groups excluding carboxylic acids is 1. The molecule has 2 heterocycles. The van der Waals surface area contributed by atoms with E-state index in [0.29, 0.717) is 6.54 Å². The average Bonchev–Trinajstić information content (AvgIpc) is 2.92. The Morgan fingerprint density at radius 2 is 1.85 bits per heavy atom. The summed E-state index contributed by atoms with van der Waals surface area (Å²) in [7, 11) is 0. The van der Waals surface area contributed by atoms with E-state index in [-0.39, 0.29) is 59.6 Å². The van der Waals surface area contributed by atoms with E-state index < -0.39 is 11.3 Å². The van der Waals surface area contributed by atoms with Gasteiger partial charge in [0, 0.05) is 37.1 Å². The summed E-state index contributed by atoms with van der Waals surface area (Å²) in [5.74, 6) is -0.196. The topological polar surface area (TPSA) is 144 Å². The molecule has 3 N–H and O–H groups in total. The summed E-state index contributed by atoms with van der Waals surface area (Å²) in [4.78, 5) is 35.4. The van der Waals surface area contributed by atoms with Gasteiger partial charge < -0.3 is 20.7 Å². The van der Waals surface area contributed by atoms with E-state index in [1.165, 1.54) is 18.2 Å². The van der Waals surface area contributed by atoms with Crippen LogP contribution in [0.1, 0.15) is 36.8 Å². The van der Waals surface area contributed by atoms with Gasteiger partial charge in [-0.05, 0) is 49.3 Å². The molecule has 14 heteroatoms. The van der Waals surface area contributed by atoms with Crippen LogP contribution in [0.4, 0.5) is 30.6 Å². The standard InChI is InChI=1S/C26H28F3N7O4/c27-26(28,29)40-22-6-2-1-5-19(22)15-32-25-33-16-21(36(38)39)24(35-25)31-14-17-7-9-20(10-8-17)34-23(37)12-18-4-3-11-30-13-18/h1-6,11,13,16-17,20H,7-10,12,14-15H2,(H,34,37)(H2,31,32,33,35). The number of halogens is 3. The van der Waals surface area contributed by atoms with Crippen LogP contribution in [0.5, 0.6) is 5.75 Å². The molecule has 1 aliphatic carbocycles. The number of rotatable bonds is 11. The molecule has 0 aliphatic heterocycles. The minimum atomic E-state index is -4.85. The van der Waals surface area contributed by atoms with Crippen molar-refractivity contribution in [3.05, 3.63) is 76.2 Å². The third-order valence-electron chi connectivity index (χ3n) is 6.46. The van der Waals surface area contributed by atoms with Crippen LogP contribution < -0.4 is 20.7 Å². The zero-order chi connectivity index (χ0) is 28.5. The quantitative estimate of drug-likeness (QED) is 0.226. The van der Waals surface area contributed by atoms with Gasteiger partial charge in [0.15, 0.2) is 0 Å². The van der Waals surface area contributed by atoms with Crippen LogP contribution in [0.25, 0.3) is 0 Å². The summed E-state index contributed by atoms with van der Waals surface area (Å²) >= 11 is 0. The van der Waals surface area contributed by atoms with Crippen molar-refractivity contribution in [2.45, 2.75) is 51.1 Å². The maximum atomic E-state index is 12.7. The largest absolute Gasteiger partial charge is 0.573 e. The third kappa shape index (κ3) is 8.51. The first-order chi connectivity index (χ1) is 19.2. The lowest BCUT2D eigenvalue weighted by molar-refractivity contribution is -0.384. The van der Waals surface area contributed by atoms with Crippen LogP contribution in [0, 0.1) is 16.0 Å². The van der Waals surface area contributed by atoms with Crippen molar-refractivity contribution in [3.63, 3.8) is 0 Å². The number of alkyl halides is 3. The van der Waals surface area contributed by atoms with Gasteiger partial charge in [0.05, 0.1) is 11.3 Å². The van der Waals surface area contributed by atoms with E-state index in [1.54, 1.807) is 24.5 Å². The maximum Gasteiger partial charge on any atom is 0.573 e. The number of hydrogen-bond acceptors (Lipinski definition) is 9. The number of nitrogens with zero attached hydrogens (tertiary/aromatic N) is 4. The van der Waals surface area contributed by atoms with Crippen LogP contribution in [0.15, 0.2) is 55.0 Å². The Bertz CT molecular complexity index is 1300. The Hall–Kier alpha value is -4.49. The van der Waals surface area contributed by atoms with Crippen molar-refractivity contribution in [3.8, 4) is 5.75 Å². The summed E-state index contributed by atoms with van der Waals surface area (Å²) in [6, 6.07) is 9.32. The highest BCUT2D eigenvalue weighted by Gasteiger charge is 2.32. The Morgan fingerprint density at radius 1 is 1.07 bits per heavy atom. The number of nitrogens with one attached hydrogen (secondary N) is 3. The average molecular weight is 560 g/mol. The number of aromatic nitrogens is 3. The molecular formula is C26H28F3N7O4. The van der Waals surface area contributed by atoms with E-state index in [2.05, 4.69) is 35.6 Å². The van der Waals surface area contributed by atoms with Crippen LogP contribution in [-0.4, -0.2) is 44.7 Å². The number of amides is 1. The van der Waals surface area contributed by atoms with Gasteiger partial charge in [-0.2, -0.15) is 4.98 Å². The Kier molecular flexibility index (Phi) is 9.30. The second-order valence-electron chi connectivity index (χ2n) is 9.40. The highest BCUT2D eigenvalue weighted by Crippen LogP contribution is 2.29. The first kappa shape index (κ1) is 28.5. The SMILES string of the molecule is O=C(Cc1cccnc1)NC1CCC(CNc2nc(NCc3ccccc3OC(F)(F)F)ncc2[N+](=O)[O-])CC1. The first-order valence-corrected chi connectivity index (χ1v) is 12.7. The minimum absolute atomic E-state index is 0.00854. The fourth-order valence-electron chi connectivity index (χ4n) is 4.49. The molecule has 0 atom stereocenters. The number of anilines is 2. The maximum absolute atomic E-state index is 12.7. The molecular weight excluding hydrogens is 531 g/mol. The lowest BCUT2D eigenvalue weighted by atomic mass is 9.86. The van der Waals surface area contributed by atoms with E-state index in [1.807, 2.05) is 6.07 Å². The molecule has 4 rings (SSSR count). The molecule has 0 unspecified atom stereocenters. The van der Waals surface area contributed by atoms with Crippen LogP contribution >= 0.6 is 0 Å². The number of benzene rings is 1. The fraction of sp³-hybridized carbons (Fsp3) is 0.385. The predicted molar refractivity (Wildman–Crippen MR) is 139 cm³/mol. The van der Waals surface area contributed by atoms with E-state index in [9.17, 15) is 28.1 Å². The molecule has 212 valence electrons. The van der Waals surface area contributed by atoms with Gasteiger partial charge in [0.2, 0.25) is 17.7 Å². The molecule has 3 aromatic rings. The zero-order valence-corrected chi connectivity index (χ0v) is 21.4. The predicted octanol–water partition coefficient (Wildman–Crippen LogP) is 4.62. The van der Waals surface area contributed by atoms with Crippen LogP contribution in [-0.2, 0) is 17.8 Å². The third-order valence-corrected chi connectivity index (χ3v) is 6.46. The van der Waals surface area contributed by atoms with Crippen LogP contribution in [0.3, 0.4) is 0 Å². The first-order valence-electron chi connectivity index (χ1n) is 12.7. The van der Waals surface area contributed by atoms with Crippen LogP contribution in [0.2, 0.25) is 0 Å². The molecule has 11 nitrogen and oxygen atoms in total. The number of nitro groups is 1.